The summed E-state index contributed by atoms with van der Waals surface area (Å²) in [5.41, 5.74) is 0.227. The summed E-state index contributed by atoms with van der Waals surface area (Å²) in [5.74, 6) is -2.27. The van der Waals surface area contributed by atoms with Crippen molar-refractivity contribution in [2.45, 2.75) is 13.5 Å². The molecular weight excluding hydrogens is 158 g/mol. The van der Waals surface area contributed by atoms with Crippen molar-refractivity contribution in [2.24, 2.45) is 0 Å². The summed E-state index contributed by atoms with van der Waals surface area (Å²) >= 11 is 0. The smallest absolute Gasteiger partial charge is 0.378 e. The topological polar surface area (TPSA) is 59.3 Å². The fourth-order valence-corrected chi connectivity index (χ4v) is 1.01. The Morgan fingerprint density at radius 2 is 2.25 bits per heavy atom. The third-order valence-corrected chi connectivity index (χ3v) is 1.60. The molecule has 1 aromatic heterocycles. The van der Waals surface area contributed by atoms with Crippen LogP contribution in [0.15, 0.2) is 18.3 Å². The highest BCUT2D eigenvalue weighted by molar-refractivity contribution is 6.39. The van der Waals surface area contributed by atoms with E-state index in [4.69, 9.17) is 5.11 Å². The quantitative estimate of drug-likeness (QED) is 0.534. The van der Waals surface area contributed by atoms with Crippen LogP contribution in [0.25, 0.3) is 0 Å². The van der Waals surface area contributed by atoms with E-state index in [-0.39, 0.29) is 5.69 Å². The fraction of sp³-hybridized carbons (Fsp3) is 0.250. The molecule has 1 heterocycles. The summed E-state index contributed by atoms with van der Waals surface area (Å²) in [6.45, 7) is 2.44. The Labute approximate surface area is 69.4 Å². The fourth-order valence-electron chi connectivity index (χ4n) is 1.01. The molecule has 0 aliphatic carbocycles. The Morgan fingerprint density at radius 1 is 1.58 bits per heavy atom. The van der Waals surface area contributed by atoms with Crippen LogP contribution in [0.3, 0.4) is 0 Å². The van der Waals surface area contributed by atoms with Crippen LogP contribution in [0.4, 0.5) is 0 Å². The van der Waals surface area contributed by atoms with Crippen molar-refractivity contribution in [1.29, 1.82) is 0 Å². The van der Waals surface area contributed by atoms with Gasteiger partial charge in [0.2, 0.25) is 0 Å². The van der Waals surface area contributed by atoms with Crippen molar-refractivity contribution in [3.63, 3.8) is 0 Å². The molecule has 0 aliphatic rings. The second-order valence-electron chi connectivity index (χ2n) is 2.31. The van der Waals surface area contributed by atoms with E-state index < -0.39 is 11.8 Å². The van der Waals surface area contributed by atoms with E-state index in [1.165, 1.54) is 6.07 Å². The summed E-state index contributed by atoms with van der Waals surface area (Å²) in [5, 5.41) is 8.41. The maximum Gasteiger partial charge on any atom is 0.378 e. The second-order valence-corrected chi connectivity index (χ2v) is 2.31. The molecule has 1 aromatic rings. The van der Waals surface area contributed by atoms with Gasteiger partial charge in [-0.05, 0) is 19.1 Å². The van der Waals surface area contributed by atoms with E-state index in [2.05, 4.69) is 0 Å². The van der Waals surface area contributed by atoms with Crippen molar-refractivity contribution in [2.75, 3.05) is 0 Å². The summed E-state index contributed by atoms with van der Waals surface area (Å²) < 4.78 is 1.59. The molecule has 1 N–H and O–H groups in total. The van der Waals surface area contributed by atoms with Crippen LogP contribution in [0, 0.1) is 0 Å². The summed E-state index contributed by atoms with van der Waals surface area (Å²) in [6, 6.07) is 3.15. The lowest BCUT2D eigenvalue weighted by molar-refractivity contribution is -0.131. The molecule has 0 saturated carbocycles. The average molecular weight is 167 g/mol. The molecule has 0 aliphatic heterocycles. The van der Waals surface area contributed by atoms with Gasteiger partial charge in [0.1, 0.15) is 0 Å². The molecule has 0 spiro atoms. The van der Waals surface area contributed by atoms with Gasteiger partial charge in [-0.1, -0.05) is 0 Å². The molecular formula is C8H9NO3. The van der Waals surface area contributed by atoms with Crippen LogP contribution in [0.2, 0.25) is 0 Å². The van der Waals surface area contributed by atoms with Gasteiger partial charge in [0.25, 0.3) is 5.78 Å². The Morgan fingerprint density at radius 3 is 2.75 bits per heavy atom. The highest BCUT2D eigenvalue weighted by atomic mass is 16.4. The summed E-state index contributed by atoms with van der Waals surface area (Å²) in [7, 11) is 0. The first kappa shape index (κ1) is 8.52. The van der Waals surface area contributed by atoms with E-state index in [1.807, 2.05) is 6.92 Å². The van der Waals surface area contributed by atoms with E-state index in [0.717, 1.165) is 0 Å². The zero-order valence-electron chi connectivity index (χ0n) is 6.65. The Balaban J connectivity index is 3.02. The van der Waals surface area contributed by atoms with Crippen molar-refractivity contribution in [3.05, 3.63) is 24.0 Å². The minimum absolute atomic E-state index is 0.227. The van der Waals surface area contributed by atoms with Gasteiger partial charge in [0.05, 0.1) is 5.69 Å². The maximum atomic E-state index is 11.0. The summed E-state index contributed by atoms with van der Waals surface area (Å²) in [6.07, 6.45) is 1.68. The Kier molecular flexibility index (Phi) is 2.28. The highest BCUT2D eigenvalue weighted by Crippen LogP contribution is 2.02. The number of Topliss-reactive ketones (excluding diaryl/α,β-unsaturated/α-hetero) is 1. The molecule has 0 saturated heterocycles. The molecule has 0 aromatic carbocycles. The van der Waals surface area contributed by atoms with Gasteiger partial charge in [-0.2, -0.15) is 0 Å². The van der Waals surface area contributed by atoms with Crippen molar-refractivity contribution < 1.29 is 14.7 Å². The average Bonchev–Trinajstić information content (AvgIpc) is 2.49. The van der Waals surface area contributed by atoms with Gasteiger partial charge < -0.3 is 9.67 Å². The summed E-state index contributed by atoms with van der Waals surface area (Å²) in [4.78, 5) is 21.3. The predicted octanol–water partition coefficient (Wildman–Crippen LogP) is 0.775. The van der Waals surface area contributed by atoms with Crippen LogP contribution in [-0.4, -0.2) is 21.4 Å². The first-order chi connectivity index (χ1) is 5.66. The monoisotopic (exact) mass is 167 g/mol. The Bertz CT molecular complexity index is 314. The molecule has 4 nitrogen and oxygen atoms in total. The molecule has 0 bridgehead atoms. The van der Waals surface area contributed by atoms with Crippen LogP contribution in [-0.2, 0) is 11.3 Å². The van der Waals surface area contributed by atoms with E-state index >= 15 is 0 Å². The number of aryl methyl sites for hydroxylation is 1. The van der Waals surface area contributed by atoms with Crippen LogP contribution in [0.1, 0.15) is 17.4 Å². The highest BCUT2D eigenvalue weighted by Gasteiger charge is 2.17. The lowest BCUT2D eigenvalue weighted by Crippen LogP contribution is -2.16. The maximum absolute atomic E-state index is 11.0. The van der Waals surface area contributed by atoms with Gasteiger partial charge in [-0.25, -0.2) is 4.79 Å². The first-order valence-electron chi connectivity index (χ1n) is 3.59. The number of carbonyl (C=O) groups is 2. The number of carbonyl (C=O) groups excluding carboxylic acids is 1. The van der Waals surface area contributed by atoms with E-state index in [1.54, 1.807) is 16.8 Å². The Hall–Kier alpha value is -1.58. The second kappa shape index (κ2) is 3.21. The molecule has 1 rings (SSSR count). The number of aliphatic carboxylic acids is 1. The third kappa shape index (κ3) is 1.37. The molecule has 64 valence electrons. The van der Waals surface area contributed by atoms with Crippen molar-refractivity contribution in [1.82, 2.24) is 4.57 Å². The largest absolute Gasteiger partial charge is 0.475 e. The normalized spacial score (nSPS) is 9.75. The zero-order chi connectivity index (χ0) is 9.14. The number of carboxylic acid groups (broad SMARTS) is 1. The van der Waals surface area contributed by atoms with Crippen LogP contribution < -0.4 is 0 Å². The van der Waals surface area contributed by atoms with E-state index in [0.29, 0.717) is 6.54 Å². The molecule has 0 atom stereocenters. The molecule has 0 unspecified atom stereocenters. The first-order valence-corrected chi connectivity index (χ1v) is 3.59. The zero-order valence-corrected chi connectivity index (χ0v) is 6.65. The van der Waals surface area contributed by atoms with Gasteiger partial charge >= 0.3 is 5.97 Å². The van der Waals surface area contributed by atoms with Gasteiger partial charge in [0.15, 0.2) is 0 Å². The number of nitrogens with zero attached hydrogens (tertiary/aromatic N) is 1. The number of hydrogen-bond acceptors (Lipinski definition) is 2. The lowest BCUT2D eigenvalue weighted by atomic mass is 10.3. The number of carboxylic acids is 1. The van der Waals surface area contributed by atoms with Gasteiger partial charge in [0, 0.05) is 12.7 Å². The standard InChI is InChI=1S/C8H9NO3/c1-2-9-5-3-4-6(9)7(10)8(11)12/h3-5H,2H2,1H3,(H,11,12). The number of rotatable bonds is 3. The number of hydrogen-bond donors (Lipinski definition) is 1. The third-order valence-electron chi connectivity index (χ3n) is 1.60. The van der Waals surface area contributed by atoms with Crippen molar-refractivity contribution >= 4 is 11.8 Å². The minimum Gasteiger partial charge on any atom is -0.475 e. The molecule has 0 radical (unpaired) electrons. The van der Waals surface area contributed by atoms with Gasteiger partial charge in [-0.3, -0.25) is 4.79 Å². The van der Waals surface area contributed by atoms with Crippen LogP contribution >= 0.6 is 0 Å². The lowest BCUT2D eigenvalue weighted by Gasteiger charge is -2.00. The van der Waals surface area contributed by atoms with E-state index in [9.17, 15) is 9.59 Å². The molecule has 0 fully saturated rings. The predicted molar refractivity (Wildman–Crippen MR) is 42.1 cm³/mol. The number of ketones is 1. The minimum atomic E-state index is -1.41. The molecule has 0 amide bonds. The SMILES string of the molecule is CCn1cccc1C(=O)C(=O)O. The number of aromatic nitrogens is 1. The molecule has 12 heavy (non-hydrogen) atoms. The van der Waals surface area contributed by atoms with Crippen molar-refractivity contribution in [3.8, 4) is 0 Å². The van der Waals surface area contributed by atoms with Crippen LogP contribution in [0.5, 0.6) is 0 Å². The van der Waals surface area contributed by atoms with Gasteiger partial charge in [-0.15, -0.1) is 0 Å². The molecule has 4 heteroatoms.